The van der Waals surface area contributed by atoms with Gasteiger partial charge in [-0.2, -0.15) is 0 Å². The maximum absolute atomic E-state index is 11.3. The topological polar surface area (TPSA) is 51.2 Å². The van der Waals surface area contributed by atoms with E-state index in [9.17, 15) is 4.79 Å². The molecule has 0 saturated heterocycles. The van der Waals surface area contributed by atoms with Gasteiger partial charge in [0, 0.05) is 12.4 Å². The Morgan fingerprint density at radius 1 is 1.47 bits per heavy atom. The van der Waals surface area contributed by atoms with E-state index in [1.807, 2.05) is 32.9 Å². The van der Waals surface area contributed by atoms with Gasteiger partial charge in [-0.05, 0) is 32.4 Å². The van der Waals surface area contributed by atoms with Crippen LogP contribution >= 0.6 is 0 Å². The van der Waals surface area contributed by atoms with E-state index < -0.39 is 6.09 Å². The second-order valence-electron chi connectivity index (χ2n) is 3.61. The van der Waals surface area contributed by atoms with Crippen molar-refractivity contribution in [2.75, 3.05) is 0 Å². The third kappa shape index (κ3) is 3.97. The lowest BCUT2D eigenvalue weighted by Gasteiger charge is -2.15. The number of hydrogen-bond acceptors (Lipinski definition) is 3. The molecule has 1 N–H and O–H groups in total. The normalized spacial score (nSPS) is 12.3. The van der Waals surface area contributed by atoms with Crippen molar-refractivity contribution < 1.29 is 9.53 Å². The summed E-state index contributed by atoms with van der Waals surface area (Å²) in [5.41, 5.74) is 0.957. The fraction of sp³-hybridized carbons (Fsp3) is 0.455. The number of amides is 1. The number of carbonyl (C=O) groups excluding carboxylic acids is 1. The lowest BCUT2D eigenvalue weighted by molar-refractivity contribution is 0.113. The Bertz CT molecular complexity index is 312. The molecule has 0 radical (unpaired) electrons. The van der Waals surface area contributed by atoms with Gasteiger partial charge in [-0.15, -0.1) is 0 Å². The molecule has 4 nitrogen and oxygen atoms in total. The molecule has 1 rings (SSSR count). The smallest absolute Gasteiger partial charge is 0.407 e. The van der Waals surface area contributed by atoms with E-state index in [0.717, 1.165) is 5.56 Å². The molecule has 0 spiro atoms. The SMILES string of the molecule is CC(C)OC(=O)NC(C)c1cccnc1. The fourth-order valence-electron chi connectivity index (χ4n) is 1.14. The minimum atomic E-state index is -0.402. The summed E-state index contributed by atoms with van der Waals surface area (Å²) >= 11 is 0. The van der Waals surface area contributed by atoms with Crippen LogP contribution in [0.3, 0.4) is 0 Å². The van der Waals surface area contributed by atoms with Gasteiger partial charge in [0.25, 0.3) is 0 Å². The van der Waals surface area contributed by atoms with Crippen LogP contribution in [0.5, 0.6) is 0 Å². The first-order valence-corrected chi connectivity index (χ1v) is 4.96. The van der Waals surface area contributed by atoms with Crippen molar-refractivity contribution in [3.63, 3.8) is 0 Å². The van der Waals surface area contributed by atoms with Crippen molar-refractivity contribution in [3.8, 4) is 0 Å². The van der Waals surface area contributed by atoms with E-state index in [1.165, 1.54) is 0 Å². The number of nitrogens with zero attached hydrogens (tertiary/aromatic N) is 1. The number of aromatic nitrogens is 1. The quantitative estimate of drug-likeness (QED) is 0.829. The first-order valence-electron chi connectivity index (χ1n) is 4.96. The Hall–Kier alpha value is -1.58. The molecule has 0 saturated carbocycles. The minimum absolute atomic E-state index is 0.0926. The highest BCUT2D eigenvalue weighted by Crippen LogP contribution is 2.09. The van der Waals surface area contributed by atoms with Gasteiger partial charge in [-0.25, -0.2) is 4.79 Å². The Balaban J connectivity index is 2.49. The molecular formula is C11H16N2O2. The molecule has 0 aliphatic heterocycles. The predicted molar refractivity (Wildman–Crippen MR) is 57.4 cm³/mol. The number of carbonyl (C=O) groups is 1. The molecule has 4 heteroatoms. The molecule has 0 fully saturated rings. The molecule has 0 aromatic carbocycles. The summed E-state index contributed by atoms with van der Waals surface area (Å²) in [7, 11) is 0. The number of ether oxygens (including phenoxy) is 1. The fourth-order valence-corrected chi connectivity index (χ4v) is 1.14. The summed E-state index contributed by atoms with van der Waals surface area (Å²) in [5, 5.41) is 2.73. The van der Waals surface area contributed by atoms with Crippen LogP contribution in [-0.2, 0) is 4.74 Å². The summed E-state index contributed by atoms with van der Waals surface area (Å²) in [6.45, 7) is 5.52. The van der Waals surface area contributed by atoms with Crippen LogP contribution in [0.25, 0.3) is 0 Å². The van der Waals surface area contributed by atoms with Crippen molar-refractivity contribution in [3.05, 3.63) is 30.1 Å². The van der Waals surface area contributed by atoms with Crippen LogP contribution in [0, 0.1) is 0 Å². The molecule has 1 amide bonds. The first kappa shape index (κ1) is 11.5. The highest BCUT2D eigenvalue weighted by Gasteiger charge is 2.10. The lowest BCUT2D eigenvalue weighted by atomic mass is 10.1. The zero-order valence-electron chi connectivity index (χ0n) is 9.23. The molecule has 1 aromatic rings. The van der Waals surface area contributed by atoms with Gasteiger partial charge in [0.2, 0.25) is 0 Å². The van der Waals surface area contributed by atoms with E-state index in [4.69, 9.17) is 4.74 Å². The maximum atomic E-state index is 11.3. The molecule has 1 atom stereocenters. The second kappa shape index (κ2) is 5.34. The largest absolute Gasteiger partial charge is 0.447 e. The maximum Gasteiger partial charge on any atom is 0.407 e. The summed E-state index contributed by atoms with van der Waals surface area (Å²) < 4.78 is 4.97. The molecule has 15 heavy (non-hydrogen) atoms. The second-order valence-corrected chi connectivity index (χ2v) is 3.61. The van der Waals surface area contributed by atoms with Crippen molar-refractivity contribution in [1.82, 2.24) is 10.3 Å². The van der Waals surface area contributed by atoms with Crippen LogP contribution in [0.1, 0.15) is 32.4 Å². The number of pyridine rings is 1. The van der Waals surface area contributed by atoms with Crippen molar-refractivity contribution in [2.45, 2.75) is 32.9 Å². The van der Waals surface area contributed by atoms with E-state index in [-0.39, 0.29) is 12.1 Å². The average molecular weight is 208 g/mol. The molecule has 1 heterocycles. The lowest BCUT2D eigenvalue weighted by Crippen LogP contribution is -2.29. The molecule has 0 bridgehead atoms. The summed E-state index contributed by atoms with van der Waals surface area (Å²) in [5.74, 6) is 0. The highest BCUT2D eigenvalue weighted by atomic mass is 16.6. The number of rotatable bonds is 3. The Labute approximate surface area is 89.7 Å². The van der Waals surface area contributed by atoms with Gasteiger partial charge >= 0.3 is 6.09 Å². The first-order chi connectivity index (χ1) is 7.09. The standard InChI is InChI=1S/C11H16N2O2/c1-8(2)15-11(14)13-9(3)10-5-4-6-12-7-10/h4-9H,1-3H3,(H,13,14). The number of alkyl carbamates (subject to hydrolysis) is 1. The monoisotopic (exact) mass is 208 g/mol. The molecule has 1 aromatic heterocycles. The summed E-state index contributed by atoms with van der Waals surface area (Å²) in [6.07, 6.45) is 2.91. The summed E-state index contributed by atoms with van der Waals surface area (Å²) in [6, 6.07) is 3.65. The number of hydrogen-bond donors (Lipinski definition) is 1. The molecule has 1 unspecified atom stereocenters. The van der Waals surface area contributed by atoms with Gasteiger partial charge in [-0.3, -0.25) is 4.98 Å². The van der Waals surface area contributed by atoms with Gasteiger partial charge in [0.1, 0.15) is 0 Å². The highest BCUT2D eigenvalue weighted by molar-refractivity contribution is 5.67. The van der Waals surface area contributed by atoms with Gasteiger partial charge in [0.15, 0.2) is 0 Å². The molecule has 0 aliphatic carbocycles. The van der Waals surface area contributed by atoms with Gasteiger partial charge in [0.05, 0.1) is 12.1 Å². The molecular weight excluding hydrogens is 192 g/mol. The van der Waals surface area contributed by atoms with Crippen molar-refractivity contribution >= 4 is 6.09 Å². The predicted octanol–water partition coefficient (Wildman–Crippen LogP) is 2.28. The van der Waals surface area contributed by atoms with E-state index >= 15 is 0 Å². The van der Waals surface area contributed by atoms with Gasteiger partial charge < -0.3 is 10.1 Å². The molecule has 82 valence electrons. The van der Waals surface area contributed by atoms with Crippen LogP contribution in [0.2, 0.25) is 0 Å². The Morgan fingerprint density at radius 2 is 2.20 bits per heavy atom. The van der Waals surface area contributed by atoms with Crippen LogP contribution in [-0.4, -0.2) is 17.2 Å². The third-order valence-electron chi connectivity index (χ3n) is 1.86. The average Bonchev–Trinajstić information content (AvgIpc) is 2.17. The zero-order chi connectivity index (χ0) is 11.3. The van der Waals surface area contributed by atoms with Crippen LogP contribution in [0.4, 0.5) is 4.79 Å². The van der Waals surface area contributed by atoms with Crippen molar-refractivity contribution in [1.29, 1.82) is 0 Å². The van der Waals surface area contributed by atoms with Gasteiger partial charge in [-0.1, -0.05) is 6.07 Å². The zero-order valence-corrected chi connectivity index (χ0v) is 9.23. The number of nitrogens with one attached hydrogen (secondary N) is 1. The summed E-state index contributed by atoms with van der Waals surface area (Å²) in [4.78, 5) is 15.3. The molecule has 0 aliphatic rings. The van der Waals surface area contributed by atoms with Crippen LogP contribution < -0.4 is 5.32 Å². The van der Waals surface area contributed by atoms with E-state index in [2.05, 4.69) is 10.3 Å². The van der Waals surface area contributed by atoms with E-state index in [0.29, 0.717) is 0 Å². The Kier molecular flexibility index (Phi) is 4.09. The van der Waals surface area contributed by atoms with Crippen molar-refractivity contribution in [2.24, 2.45) is 0 Å². The van der Waals surface area contributed by atoms with E-state index in [1.54, 1.807) is 12.4 Å². The van der Waals surface area contributed by atoms with Crippen LogP contribution in [0.15, 0.2) is 24.5 Å². The minimum Gasteiger partial charge on any atom is -0.447 e. The third-order valence-corrected chi connectivity index (χ3v) is 1.86. The Morgan fingerprint density at radius 3 is 2.73 bits per heavy atom.